The lowest BCUT2D eigenvalue weighted by molar-refractivity contribution is -0.117. The van der Waals surface area contributed by atoms with Crippen LogP contribution in [0.5, 0.6) is 0 Å². The standard InChI is InChI=1S/C13H13F2NO4/c1-20-13(19)8-3-9(14)10(15)4-11(8)16-5-7(6-17)2-12(16)18/h3-4,7,17H,2,5-6H2,1H3. The maximum Gasteiger partial charge on any atom is 0.340 e. The Hall–Kier alpha value is -2.02. The minimum absolute atomic E-state index is 0.0447. The van der Waals surface area contributed by atoms with Gasteiger partial charge in [0.05, 0.1) is 18.4 Å². The van der Waals surface area contributed by atoms with Crippen molar-refractivity contribution in [1.82, 2.24) is 0 Å². The Balaban J connectivity index is 2.47. The third-order valence-electron chi connectivity index (χ3n) is 3.20. The zero-order chi connectivity index (χ0) is 14.9. The molecular weight excluding hydrogens is 272 g/mol. The summed E-state index contributed by atoms with van der Waals surface area (Å²) in [7, 11) is 1.11. The minimum Gasteiger partial charge on any atom is -0.465 e. The number of hydrogen-bond acceptors (Lipinski definition) is 4. The van der Waals surface area contributed by atoms with Crippen molar-refractivity contribution in [1.29, 1.82) is 0 Å². The van der Waals surface area contributed by atoms with Crippen molar-refractivity contribution in [2.75, 3.05) is 25.2 Å². The first-order chi connectivity index (χ1) is 9.47. The summed E-state index contributed by atoms with van der Waals surface area (Å²) in [5.74, 6) is -3.87. The van der Waals surface area contributed by atoms with Gasteiger partial charge in [-0.05, 0) is 6.07 Å². The lowest BCUT2D eigenvalue weighted by Gasteiger charge is -2.19. The average Bonchev–Trinajstić information content (AvgIpc) is 2.81. The van der Waals surface area contributed by atoms with E-state index in [2.05, 4.69) is 4.74 Å². The van der Waals surface area contributed by atoms with Crippen LogP contribution < -0.4 is 4.90 Å². The van der Waals surface area contributed by atoms with Gasteiger partial charge in [-0.1, -0.05) is 0 Å². The number of anilines is 1. The van der Waals surface area contributed by atoms with Gasteiger partial charge in [-0.25, -0.2) is 13.6 Å². The number of amides is 1. The van der Waals surface area contributed by atoms with Crippen molar-refractivity contribution in [2.45, 2.75) is 6.42 Å². The van der Waals surface area contributed by atoms with E-state index in [0.29, 0.717) is 6.07 Å². The first-order valence-corrected chi connectivity index (χ1v) is 5.96. The molecule has 20 heavy (non-hydrogen) atoms. The molecule has 5 nitrogen and oxygen atoms in total. The van der Waals surface area contributed by atoms with Gasteiger partial charge >= 0.3 is 5.97 Å². The zero-order valence-corrected chi connectivity index (χ0v) is 10.7. The number of methoxy groups -OCH3 is 1. The molecule has 1 amide bonds. The van der Waals surface area contributed by atoms with E-state index in [1.165, 1.54) is 0 Å². The molecule has 0 spiro atoms. The van der Waals surface area contributed by atoms with Crippen molar-refractivity contribution >= 4 is 17.6 Å². The molecule has 7 heteroatoms. The predicted molar refractivity (Wildman–Crippen MR) is 65.2 cm³/mol. The second-order valence-corrected chi connectivity index (χ2v) is 4.53. The molecule has 1 N–H and O–H groups in total. The number of ether oxygens (including phenoxy) is 1. The van der Waals surface area contributed by atoms with Crippen molar-refractivity contribution < 1.29 is 28.2 Å². The Labute approximate surface area is 113 Å². The van der Waals surface area contributed by atoms with Crippen LogP contribution in [-0.4, -0.2) is 37.2 Å². The molecule has 0 bridgehead atoms. The summed E-state index contributed by atoms with van der Waals surface area (Å²) >= 11 is 0. The van der Waals surface area contributed by atoms with Gasteiger partial charge in [0.1, 0.15) is 0 Å². The summed E-state index contributed by atoms with van der Waals surface area (Å²) in [6, 6.07) is 1.50. The summed E-state index contributed by atoms with van der Waals surface area (Å²) in [6.07, 6.45) is 0.0934. The van der Waals surface area contributed by atoms with Crippen LogP contribution in [0.15, 0.2) is 12.1 Å². The minimum atomic E-state index is -1.19. The first-order valence-electron chi connectivity index (χ1n) is 5.96. The van der Waals surface area contributed by atoms with Crippen LogP contribution in [0.25, 0.3) is 0 Å². The van der Waals surface area contributed by atoms with Gasteiger partial charge in [-0.2, -0.15) is 0 Å². The fraction of sp³-hybridized carbons (Fsp3) is 0.385. The van der Waals surface area contributed by atoms with Gasteiger partial charge in [-0.15, -0.1) is 0 Å². The molecule has 1 aromatic carbocycles. The molecule has 1 aromatic rings. The normalized spacial score (nSPS) is 18.5. The molecule has 1 aliphatic heterocycles. The molecule has 1 heterocycles. The lowest BCUT2D eigenvalue weighted by Crippen LogP contribution is -2.27. The first kappa shape index (κ1) is 14.4. The molecular formula is C13H13F2NO4. The molecule has 0 radical (unpaired) electrons. The Kier molecular flexibility index (Phi) is 3.99. The van der Waals surface area contributed by atoms with E-state index in [9.17, 15) is 18.4 Å². The highest BCUT2D eigenvalue weighted by Crippen LogP contribution is 2.30. The molecule has 1 saturated heterocycles. The highest BCUT2D eigenvalue weighted by atomic mass is 19.2. The molecule has 1 unspecified atom stereocenters. The summed E-state index contributed by atoms with van der Waals surface area (Å²) < 4.78 is 31.1. The van der Waals surface area contributed by atoms with Crippen LogP contribution in [0.1, 0.15) is 16.8 Å². The van der Waals surface area contributed by atoms with Gasteiger partial charge in [-0.3, -0.25) is 4.79 Å². The number of carbonyl (C=O) groups is 2. The number of rotatable bonds is 3. The number of esters is 1. The third kappa shape index (κ3) is 2.49. The number of halogens is 2. The fourth-order valence-corrected chi connectivity index (χ4v) is 2.17. The molecule has 0 aliphatic carbocycles. The molecule has 0 saturated carbocycles. The topological polar surface area (TPSA) is 66.8 Å². The van der Waals surface area contributed by atoms with E-state index in [4.69, 9.17) is 5.11 Å². The predicted octanol–water partition coefficient (Wildman–Crippen LogP) is 1.10. The Morgan fingerprint density at radius 2 is 2.10 bits per heavy atom. The quantitative estimate of drug-likeness (QED) is 0.844. The summed E-state index contributed by atoms with van der Waals surface area (Å²) in [5.41, 5.74) is -0.268. The van der Waals surface area contributed by atoms with Crippen molar-refractivity contribution in [2.24, 2.45) is 5.92 Å². The van der Waals surface area contributed by atoms with E-state index in [0.717, 1.165) is 18.1 Å². The number of carbonyl (C=O) groups excluding carboxylic acids is 2. The Bertz CT molecular complexity index is 562. The highest BCUT2D eigenvalue weighted by molar-refractivity contribution is 6.03. The third-order valence-corrected chi connectivity index (χ3v) is 3.20. The lowest BCUT2D eigenvalue weighted by atomic mass is 10.1. The van der Waals surface area contributed by atoms with Crippen molar-refractivity contribution in [3.8, 4) is 0 Å². The maximum absolute atomic E-state index is 13.4. The molecule has 108 valence electrons. The number of benzene rings is 1. The van der Waals surface area contributed by atoms with Crippen molar-refractivity contribution in [3.05, 3.63) is 29.3 Å². The Morgan fingerprint density at radius 1 is 1.45 bits per heavy atom. The molecule has 1 atom stereocenters. The van der Waals surface area contributed by atoms with Gasteiger partial charge in [0, 0.05) is 31.6 Å². The highest BCUT2D eigenvalue weighted by Gasteiger charge is 2.33. The largest absolute Gasteiger partial charge is 0.465 e. The molecule has 1 fully saturated rings. The van der Waals surface area contributed by atoms with Crippen LogP contribution in [-0.2, 0) is 9.53 Å². The number of hydrogen-bond donors (Lipinski definition) is 1. The van der Waals surface area contributed by atoms with Gasteiger partial charge in [0.2, 0.25) is 5.91 Å². The smallest absolute Gasteiger partial charge is 0.340 e. The van der Waals surface area contributed by atoms with E-state index < -0.39 is 17.6 Å². The monoisotopic (exact) mass is 285 g/mol. The summed E-state index contributed by atoms with van der Waals surface area (Å²) in [5, 5.41) is 9.07. The number of aliphatic hydroxyl groups is 1. The van der Waals surface area contributed by atoms with Crippen LogP contribution in [0.3, 0.4) is 0 Å². The molecule has 1 aliphatic rings. The second kappa shape index (κ2) is 5.54. The van der Waals surface area contributed by atoms with Gasteiger partial charge in [0.25, 0.3) is 0 Å². The summed E-state index contributed by atoms with van der Waals surface area (Å²) in [4.78, 5) is 24.6. The van der Waals surface area contributed by atoms with E-state index in [1.54, 1.807) is 0 Å². The van der Waals surface area contributed by atoms with Crippen molar-refractivity contribution in [3.63, 3.8) is 0 Å². The van der Waals surface area contributed by atoms with Crippen LogP contribution in [0.4, 0.5) is 14.5 Å². The average molecular weight is 285 g/mol. The Morgan fingerprint density at radius 3 is 2.65 bits per heavy atom. The van der Waals surface area contributed by atoms with Crippen LogP contribution in [0.2, 0.25) is 0 Å². The molecule has 2 rings (SSSR count). The SMILES string of the molecule is COC(=O)c1cc(F)c(F)cc1N1CC(CO)CC1=O. The van der Waals surface area contributed by atoms with E-state index in [1.807, 2.05) is 0 Å². The van der Waals surface area contributed by atoms with Gasteiger partial charge in [0.15, 0.2) is 11.6 Å². The summed E-state index contributed by atoms with van der Waals surface area (Å²) in [6.45, 7) is -0.0517. The van der Waals surface area contributed by atoms with Gasteiger partial charge < -0.3 is 14.7 Å². The second-order valence-electron chi connectivity index (χ2n) is 4.53. The van der Waals surface area contributed by atoms with Crippen LogP contribution in [0, 0.1) is 17.6 Å². The molecule has 0 aromatic heterocycles. The van der Waals surface area contributed by atoms with Crippen LogP contribution >= 0.6 is 0 Å². The number of aliphatic hydroxyl groups excluding tert-OH is 1. The van der Waals surface area contributed by atoms with E-state index in [-0.39, 0.29) is 42.6 Å². The van der Waals surface area contributed by atoms with E-state index >= 15 is 0 Å². The number of nitrogens with zero attached hydrogens (tertiary/aromatic N) is 1. The maximum atomic E-state index is 13.4. The zero-order valence-electron chi connectivity index (χ0n) is 10.7. The fourth-order valence-electron chi connectivity index (χ4n) is 2.17.